The first kappa shape index (κ1) is 16.0. The molecule has 0 spiro atoms. The van der Waals surface area contributed by atoms with Gasteiger partial charge in [0.1, 0.15) is 5.76 Å². The topological polar surface area (TPSA) is 49.0 Å². The zero-order valence-corrected chi connectivity index (χ0v) is 14.5. The minimum Gasteiger partial charge on any atom is -0.507 e. The summed E-state index contributed by atoms with van der Waals surface area (Å²) in [6, 6.07) is 22.5. The van der Waals surface area contributed by atoms with Crippen molar-refractivity contribution in [3.8, 4) is 6.07 Å². The van der Waals surface area contributed by atoms with E-state index in [4.69, 9.17) is 5.26 Å². The highest BCUT2D eigenvalue weighted by molar-refractivity contribution is 5.94. The quantitative estimate of drug-likeness (QED) is 0.404. The highest BCUT2D eigenvalue weighted by Crippen LogP contribution is 2.30. The monoisotopic (exact) mass is 338 g/mol. The smallest absolute Gasteiger partial charge is 0.133 e. The van der Waals surface area contributed by atoms with E-state index in [0.717, 1.165) is 22.9 Å². The average Bonchev–Trinajstić information content (AvgIpc) is 2.98. The number of hydrogen-bond donors (Lipinski definition) is 1. The third-order valence-electron chi connectivity index (χ3n) is 4.78. The zero-order valence-electron chi connectivity index (χ0n) is 14.5. The van der Waals surface area contributed by atoms with E-state index >= 15 is 0 Å². The first-order chi connectivity index (χ1) is 12.7. The van der Waals surface area contributed by atoms with Crippen molar-refractivity contribution in [2.24, 2.45) is 7.05 Å². The van der Waals surface area contributed by atoms with Crippen molar-refractivity contribution in [3.05, 3.63) is 89.6 Å². The molecule has 3 heteroatoms. The third kappa shape index (κ3) is 2.72. The molecular formula is C23H18N2O. The molecule has 0 fully saturated rings. The number of aromatic nitrogens is 1. The second kappa shape index (κ2) is 6.42. The molecule has 4 aromatic rings. The van der Waals surface area contributed by atoms with Gasteiger partial charge in [-0.2, -0.15) is 5.26 Å². The van der Waals surface area contributed by atoms with Crippen molar-refractivity contribution >= 4 is 27.4 Å². The summed E-state index contributed by atoms with van der Waals surface area (Å²) >= 11 is 0. The summed E-state index contributed by atoms with van der Waals surface area (Å²) in [5, 5.41) is 22.6. The van der Waals surface area contributed by atoms with Gasteiger partial charge in [-0.25, -0.2) is 0 Å². The Bertz CT molecular complexity index is 1190. The number of nitrogens with zero attached hydrogens (tertiary/aromatic N) is 2. The molecule has 1 aromatic heterocycles. The molecule has 3 aromatic carbocycles. The highest BCUT2D eigenvalue weighted by atomic mass is 16.3. The second-order valence-electron chi connectivity index (χ2n) is 6.48. The van der Waals surface area contributed by atoms with Crippen LogP contribution in [0.5, 0.6) is 0 Å². The van der Waals surface area contributed by atoms with E-state index in [0.29, 0.717) is 5.56 Å². The van der Waals surface area contributed by atoms with Crippen LogP contribution in [-0.4, -0.2) is 9.67 Å². The molecule has 0 unspecified atom stereocenters. The zero-order chi connectivity index (χ0) is 18.1. The third-order valence-corrected chi connectivity index (χ3v) is 4.78. The Hall–Kier alpha value is -3.51. The van der Waals surface area contributed by atoms with E-state index in [2.05, 4.69) is 41.1 Å². The summed E-state index contributed by atoms with van der Waals surface area (Å²) in [6.45, 7) is 0. The van der Waals surface area contributed by atoms with Crippen LogP contribution in [-0.2, 0) is 13.5 Å². The van der Waals surface area contributed by atoms with Crippen LogP contribution in [0.3, 0.4) is 0 Å². The number of allylic oxidation sites excluding steroid dienone is 1. The molecule has 0 bridgehead atoms. The van der Waals surface area contributed by atoms with Crippen LogP contribution in [0.25, 0.3) is 27.4 Å². The molecule has 3 nitrogen and oxygen atoms in total. The summed E-state index contributed by atoms with van der Waals surface area (Å²) in [5.74, 6) is 0.00376. The summed E-state index contributed by atoms with van der Waals surface area (Å²) < 4.78 is 2.06. The van der Waals surface area contributed by atoms with Crippen LogP contribution < -0.4 is 0 Å². The molecule has 1 heterocycles. The fourth-order valence-corrected chi connectivity index (χ4v) is 3.59. The number of aryl methyl sites for hydroxylation is 1. The molecule has 0 atom stereocenters. The first-order valence-electron chi connectivity index (χ1n) is 8.51. The number of hydrogen-bond acceptors (Lipinski definition) is 2. The van der Waals surface area contributed by atoms with Crippen LogP contribution in [0.4, 0.5) is 0 Å². The van der Waals surface area contributed by atoms with Gasteiger partial charge in [-0.1, -0.05) is 54.6 Å². The van der Waals surface area contributed by atoms with Crippen molar-refractivity contribution < 1.29 is 5.11 Å². The van der Waals surface area contributed by atoms with Gasteiger partial charge in [0, 0.05) is 29.7 Å². The minimum atomic E-state index is 0.00376. The van der Waals surface area contributed by atoms with Gasteiger partial charge < -0.3 is 9.67 Å². The van der Waals surface area contributed by atoms with Crippen LogP contribution in [0, 0.1) is 11.3 Å². The van der Waals surface area contributed by atoms with Crippen LogP contribution in [0.1, 0.15) is 16.7 Å². The fourth-order valence-electron chi connectivity index (χ4n) is 3.59. The lowest BCUT2D eigenvalue weighted by atomic mass is 9.98. The molecule has 0 aliphatic heterocycles. The minimum absolute atomic E-state index is 0.00376. The molecule has 0 saturated carbocycles. The number of fused-ring (bicyclic) bond motifs is 2. The van der Waals surface area contributed by atoms with Gasteiger partial charge in [-0.3, -0.25) is 0 Å². The van der Waals surface area contributed by atoms with Gasteiger partial charge in [-0.05, 0) is 34.4 Å². The number of aliphatic hydroxyl groups excluding tert-OH is 1. The van der Waals surface area contributed by atoms with Crippen molar-refractivity contribution in [1.29, 1.82) is 5.26 Å². The molecule has 126 valence electrons. The maximum atomic E-state index is 10.3. The summed E-state index contributed by atoms with van der Waals surface area (Å²) in [5.41, 5.74) is 4.08. The van der Waals surface area contributed by atoms with Crippen LogP contribution >= 0.6 is 0 Å². The maximum absolute atomic E-state index is 10.3. The maximum Gasteiger partial charge on any atom is 0.133 e. The summed E-state index contributed by atoms with van der Waals surface area (Å²) in [6.07, 6.45) is 4.05. The largest absolute Gasteiger partial charge is 0.507 e. The van der Waals surface area contributed by atoms with Crippen molar-refractivity contribution in [1.82, 2.24) is 4.57 Å². The van der Waals surface area contributed by atoms with E-state index < -0.39 is 0 Å². The van der Waals surface area contributed by atoms with E-state index in [1.54, 1.807) is 0 Å². The molecule has 1 N–H and O–H groups in total. The summed E-state index contributed by atoms with van der Waals surface area (Å²) in [7, 11) is 2.00. The highest BCUT2D eigenvalue weighted by Gasteiger charge is 2.14. The Morgan fingerprint density at radius 1 is 1.08 bits per heavy atom. The van der Waals surface area contributed by atoms with Gasteiger partial charge in [0.25, 0.3) is 0 Å². The Labute approximate surface area is 152 Å². The Kier molecular flexibility index (Phi) is 3.95. The van der Waals surface area contributed by atoms with E-state index in [-0.39, 0.29) is 5.76 Å². The Morgan fingerprint density at radius 2 is 1.88 bits per heavy atom. The Balaban J connectivity index is 1.85. The fraction of sp³-hybridized carbons (Fsp3) is 0.0870. The molecule has 0 aliphatic rings. The van der Waals surface area contributed by atoms with Crippen molar-refractivity contribution in [3.63, 3.8) is 0 Å². The molecule has 4 rings (SSSR count). The lowest BCUT2D eigenvalue weighted by molar-refractivity contribution is 0.513. The number of nitriles is 1. The Morgan fingerprint density at radius 3 is 2.69 bits per heavy atom. The molecule has 0 radical (unpaired) electrons. The van der Waals surface area contributed by atoms with Gasteiger partial charge in [-0.15, -0.1) is 0 Å². The van der Waals surface area contributed by atoms with Gasteiger partial charge >= 0.3 is 0 Å². The number of benzene rings is 3. The molecule has 0 saturated heterocycles. The first-order valence-corrected chi connectivity index (χ1v) is 8.51. The lowest BCUT2D eigenvalue weighted by Gasteiger charge is -2.07. The molecule has 0 aliphatic carbocycles. The van der Waals surface area contributed by atoms with Crippen molar-refractivity contribution in [2.45, 2.75) is 6.42 Å². The molecule has 0 amide bonds. The van der Waals surface area contributed by atoms with Gasteiger partial charge in [0.15, 0.2) is 0 Å². The predicted molar refractivity (Wildman–Crippen MR) is 106 cm³/mol. The number of aliphatic hydroxyl groups is 1. The summed E-state index contributed by atoms with van der Waals surface area (Å²) in [4.78, 5) is 0. The second-order valence-corrected chi connectivity index (χ2v) is 6.48. The standard InChI is InChI=1S/C23H18N2O/c1-25-15-19(14-16-9-10-17-5-2-3-6-18(17)13-16)23-20(22(26)11-12-24)7-4-8-21(23)25/h2-11,13,15,26H,14H2,1H3/b22-11+. The van der Waals surface area contributed by atoms with Crippen molar-refractivity contribution in [2.75, 3.05) is 0 Å². The average molecular weight is 338 g/mol. The normalized spacial score (nSPS) is 11.8. The molecular weight excluding hydrogens is 320 g/mol. The molecule has 26 heavy (non-hydrogen) atoms. The van der Waals surface area contributed by atoms with E-state index in [9.17, 15) is 5.11 Å². The van der Waals surface area contributed by atoms with Crippen LogP contribution in [0.15, 0.2) is 72.9 Å². The predicted octanol–water partition coefficient (Wildman–Crippen LogP) is 5.34. The van der Waals surface area contributed by atoms with Crippen LogP contribution in [0.2, 0.25) is 0 Å². The lowest BCUT2D eigenvalue weighted by Crippen LogP contribution is -1.91. The SMILES string of the molecule is Cn1cc(Cc2ccc3ccccc3c2)c2c(/C(O)=C\C#N)cccc21. The van der Waals surface area contributed by atoms with Gasteiger partial charge in [0.05, 0.1) is 12.1 Å². The van der Waals surface area contributed by atoms with E-state index in [1.165, 1.54) is 22.4 Å². The van der Waals surface area contributed by atoms with E-state index in [1.807, 2.05) is 43.4 Å². The number of rotatable bonds is 3. The van der Waals surface area contributed by atoms with Gasteiger partial charge in [0.2, 0.25) is 0 Å².